The Morgan fingerprint density at radius 1 is 1.20 bits per heavy atom. The second kappa shape index (κ2) is 5.01. The summed E-state index contributed by atoms with van der Waals surface area (Å²) in [5.41, 5.74) is 0.694. The molecule has 1 N–H and O–H groups in total. The van der Waals surface area contributed by atoms with Crippen LogP contribution in [0.4, 0.5) is 0 Å². The van der Waals surface area contributed by atoms with Gasteiger partial charge in [-0.25, -0.2) is 0 Å². The van der Waals surface area contributed by atoms with E-state index in [0.717, 1.165) is 19.4 Å². The Balaban J connectivity index is 2.09. The first-order valence-corrected chi connectivity index (χ1v) is 8.19. The maximum absolute atomic E-state index is 12.6. The summed E-state index contributed by atoms with van der Waals surface area (Å²) in [5, 5.41) is 3.54. The molecular formula is C17H32N2O. The zero-order chi connectivity index (χ0) is 15.3. The lowest BCUT2D eigenvalue weighted by atomic mass is 10.0. The standard InChI is InChI=1S/C17H32N2O/c1-8-12-15(20)19(14(18-12)9-11(2)3)10-13-16(4,5)17(13,6)7/h11-14,18H,8-10H2,1-7H3. The lowest BCUT2D eigenvalue weighted by molar-refractivity contribution is -0.130. The van der Waals surface area contributed by atoms with Crippen LogP contribution < -0.4 is 5.32 Å². The van der Waals surface area contributed by atoms with E-state index in [4.69, 9.17) is 0 Å². The van der Waals surface area contributed by atoms with Gasteiger partial charge >= 0.3 is 0 Å². The molecule has 1 saturated carbocycles. The fourth-order valence-electron chi connectivity index (χ4n) is 3.89. The molecule has 0 aromatic rings. The van der Waals surface area contributed by atoms with Crippen LogP contribution in [0.25, 0.3) is 0 Å². The molecule has 2 atom stereocenters. The summed E-state index contributed by atoms with van der Waals surface area (Å²) in [6, 6.07) is 0.0312. The Morgan fingerprint density at radius 3 is 2.15 bits per heavy atom. The third-order valence-corrected chi connectivity index (χ3v) is 6.15. The third kappa shape index (κ3) is 2.38. The van der Waals surface area contributed by atoms with Crippen LogP contribution in [-0.4, -0.2) is 29.6 Å². The van der Waals surface area contributed by atoms with Crippen LogP contribution in [0.3, 0.4) is 0 Å². The van der Waals surface area contributed by atoms with Crippen molar-refractivity contribution in [1.82, 2.24) is 10.2 Å². The van der Waals surface area contributed by atoms with Crippen molar-refractivity contribution in [3.63, 3.8) is 0 Å². The Hall–Kier alpha value is -0.570. The van der Waals surface area contributed by atoms with Crippen molar-refractivity contribution >= 4 is 5.91 Å². The molecule has 0 aromatic carbocycles. The molecule has 3 nitrogen and oxygen atoms in total. The first-order valence-electron chi connectivity index (χ1n) is 8.19. The first-order chi connectivity index (χ1) is 9.12. The summed E-state index contributed by atoms with van der Waals surface area (Å²) in [5.74, 6) is 1.54. The van der Waals surface area contributed by atoms with Crippen LogP contribution in [-0.2, 0) is 4.79 Å². The van der Waals surface area contributed by atoms with Gasteiger partial charge < -0.3 is 4.90 Å². The van der Waals surface area contributed by atoms with E-state index in [-0.39, 0.29) is 12.2 Å². The predicted molar refractivity (Wildman–Crippen MR) is 83.2 cm³/mol. The van der Waals surface area contributed by atoms with Gasteiger partial charge in [-0.05, 0) is 35.5 Å². The van der Waals surface area contributed by atoms with Crippen molar-refractivity contribution in [2.45, 2.75) is 73.5 Å². The summed E-state index contributed by atoms with van der Waals surface area (Å²) in [4.78, 5) is 14.7. The largest absolute Gasteiger partial charge is 0.325 e. The number of hydrogen-bond acceptors (Lipinski definition) is 2. The molecule has 2 rings (SSSR count). The predicted octanol–water partition coefficient (Wildman–Crippen LogP) is 3.25. The van der Waals surface area contributed by atoms with Crippen LogP contribution in [0.2, 0.25) is 0 Å². The fraction of sp³-hybridized carbons (Fsp3) is 0.941. The molecule has 20 heavy (non-hydrogen) atoms. The van der Waals surface area contributed by atoms with Gasteiger partial charge in [0.05, 0.1) is 12.2 Å². The molecule has 116 valence electrons. The monoisotopic (exact) mass is 280 g/mol. The highest BCUT2D eigenvalue weighted by Gasteiger charge is 2.65. The smallest absolute Gasteiger partial charge is 0.241 e. The second-order valence-electron chi connectivity index (χ2n) is 8.26. The number of rotatable bonds is 5. The van der Waals surface area contributed by atoms with E-state index in [1.54, 1.807) is 0 Å². The van der Waals surface area contributed by atoms with Crippen LogP contribution >= 0.6 is 0 Å². The minimum Gasteiger partial charge on any atom is -0.325 e. The number of nitrogens with zero attached hydrogens (tertiary/aromatic N) is 1. The lowest BCUT2D eigenvalue weighted by Crippen LogP contribution is -2.40. The van der Waals surface area contributed by atoms with Crippen molar-refractivity contribution in [3.05, 3.63) is 0 Å². The average molecular weight is 280 g/mol. The average Bonchev–Trinajstić information content (AvgIpc) is 2.59. The van der Waals surface area contributed by atoms with Crippen LogP contribution in [0.1, 0.15) is 61.3 Å². The number of amides is 1. The third-order valence-electron chi connectivity index (χ3n) is 6.15. The molecule has 1 aliphatic heterocycles. The zero-order valence-corrected chi connectivity index (χ0v) is 14.3. The van der Waals surface area contributed by atoms with Gasteiger partial charge in [0, 0.05) is 6.54 Å². The zero-order valence-electron chi connectivity index (χ0n) is 14.3. The Morgan fingerprint density at radius 2 is 1.75 bits per heavy atom. The molecule has 0 spiro atoms. The van der Waals surface area contributed by atoms with E-state index in [2.05, 4.69) is 58.7 Å². The van der Waals surface area contributed by atoms with E-state index < -0.39 is 0 Å². The summed E-state index contributed by atoms with van der Waals surface area (Å²) in [6.45, 7) is 16.8. The molecule has 1 saturated heterocycles. The summed E-state index contributed by atoms with van der Waals surface area (Å²) >= 11 is 0. The van der Waals surface area contributed by atoms with Crippen molar-refractivity contribution in [2.75, 3.05) is 6.54 Å². The molecule has 2 aliphatic rings. The SMILES string of the molecule is CCC1NC(CC(C)C)N(CC2C(C)(C)C2(C)C)C1=O. The van der Waals surface area contributed by atoms with E-state index in [1.807, 2.05) is 0 Å². The summed E-state index contributed by atoms with van der Waals surface area (Å²) in [6.07, 6.45) is 2.18. The van der Waals surface area contributed by atoms with Gasteiger partial charge in [-0.2, -0.15) is 0 Å². The van der Waals surface area contributed by atoms with Crippen molar-refractivity contribution in [2.24, 2.45) is 22.7 Å². The van der Waals surface area contributed by atoms with E-state index >= 15 is 0 Å². The van der Waals surface area contributed by atoms with Gasteiger partial charge in [0.15, 0.2) is 0 Å². The van der Waals surface area contributed by atoms with E-state index in [0.29, 0.717) is 28.6 Å². The van der Waals surface area contributed by atoms with Gasteiger partial charge in [0.2, 0.25) is 5.91 Å². The van der Waals surface area contributed by atoms with Gasteiger partial charge in [-0.3, -0.25) is 10.1 Å². The van der Waals surface area contributed by atoms with Gasteiger partial charge in [-0.1, -0.05) is 48.5 Å². The highest BCUT2D eigenvalue weighted by atomic mass is 16.2. The molecule has 2 unspecified atom stereocenters. The summed E-state index contributed by atoms with van der Waals surface area (Å²) < 4.78 is 0. The second-order valence-corrected chi connectivity index (χ2v) is 8.26. The highest BCUT2D eigenvalue weighted by molar-refractivity contribution is 5.84. The normalized spacial score (nSPS) is 32.2. The minimum atomic E-state index is 0.0312. The van der Waals surface area contributed by atoms with E-state index in [1.165, 1.54) is 0 Å². The van der Waals surface area contributed by atoms with Crippen LogP contribution in [0.5, 0.6) is 0 Å². The molecule has 0 radical (unpaired) electrons. The van der Waals surface area contributed by atoms with Gasteiger partial charge in [-0.15, -0.1) is 0 Å². The first kappa shape index (κ1) is 15.8. The lowest BCUT2D eigenvalue weighted by Gasteiger charge is -2.26. The molecule has 2 fully saturated rings. The molecule has 0 bridgehead atoms. The highest BCUT2D eigenvalue weighted by Crippen LogP contribution is 2.68. The molecule has 0 aromatic heterocycles. The minimum absolute atomic E-state index is 0.0312. The topological polar surface area (TPSA) is 32.3 Å². The Labute approximate surface area is 124 Å². The van der Waals surface area contributed by atoms with Crippen molar-refractivity contribution in [3.8, 4) is 0 Å². The quantitative estimate of drug-likeness (QED) is 0.838. The van der Waals surface area contributed by atoms with Gasteiger partial charge in [0.1, 0.15) is 0 Å². The van der Waals surface area contributed by atoms with Gasteiger partial charge in [0.25, 0.3) is 0 Å². The molecular weight excluding hydrogens is 248 g/mol. The van der Waals surface area contributed by atoms with Crippen LogP contribution in [0.15, 0.2) is 0 Å². The molecule has 1 amide bonds. The fourth-order valence-corrected chi connectivity index (χ4v) is 3.89. The number of carbonyl (C=O) groups excluding carboxylic acids is 1. The van der Waals surface area contributed by atoms with Crippen molar-refractivity contribution in [1.29, 1.82) is 0 Å². The Bertz CT molecular complexity index is 372. The maximum Gasteiger partial charge on any atom is 0.241 e. The molecule has 1 aliphatic carbocycles. The molecule has 1 heterocycles. The Kier molecular flexibility index (Phi) is 3.96. The number of hydrogen-bond donors (Lipinski definition) is 1. The number of nitrogens with one attached hydrogen (secondary N) is 1. The summed E-state index contributed by atoms with van der Waals surface area (Å²) in [7, 11) is 0. The van der Waals surface area contributed by atoms with Crippen LogP contribution in [0, 0.1) is 22.7 Å². The number of carbonyl (C=O) groups is 1. The molecule has 3 heteroatoms. The van der Waals surface area contributed by atoms with E-state index in [9.17, 15) is 4.79 Å². The van der Waals surface area contributed by atoms with Crippen molar-refractivity contribution < 1.29 is 4.79 Å². The maximum atomic E-state index is 12.6.